The molecule has 0 amide bonds. The highest BCUT2D eigenvalue weighted by molar-refractivity contribution is 5.77. The second-order valence-electron chi connectivity index (χ2n) is 15.1. The average Bonchev–Trinajstić information content (AvgIpc) is 3.03. The SMILES string of the molecule is CC(=O)C(C)CCC[C@@H](C)C1(C)CC[C@H]2[C@]3(C)[C@H](O)C=C4CC(C)(C)CC[C@]4(C)[C@H]3CC[C@@]21C. The fourth-order valence-corrected chi connectivity index (χ4v) is 9.96. The molecule has 2 unspecified atom stereocenters. The summed E-state index contributed by atoms with van der Waals surface area (Å²) in [5.41, 5.74) is 2.76. The molecule has 0 aromatic rings. The molecule has 0 spiro atoms. The molecule has 4 rings (SSSR count). The summed E-state index contributed by atoms with van der Waals surface area (Å²) in [6.07, 6.45) is 14.3. The van der Waals surface area contributed by atoms with Gasteiger partial charge >= 0.3 is 0 Å². The fourth-order valence-electron chi connectivity index (χ4n) is 9.96. The maximum absolute atomic E-state index is 11.8. The lowest BCUT2D eigenvalue weighted by molar-refractivity contribution is -0.174. The van der Waals surface area contributed by atoms with Gasteiger partial charge in [0.1, 0.15) is 5.78 Å². The van der Waals surface area contributed by atoms with Crippen LogP contribution >= 0.6 is 0 Å². The summed E-state index contributed by atoms with van der Waals surface area (Å²) < 4.78 is 0. The number of aliphatic hydroxyl groups excluding tert-OH is 1. The summed E-state index contributed by atoms with van der Waals surface area (Å²) in [5.74, 6) is 2.36. The third-order valence-corrected chi connectivity index (χ3v) is 13.0. The molecule has 0 aliphatic heterocycles. The van der Waals surface area contributed by atoms with Crippen molar-refractivity contribution in [3.8, 4) is 0 Å². The van der Waals surface area contributed by atoms with E-state index in [0.717, 1.165) is 19.3 Å². The molecule has 0 heterocycles. The lowest BCUT2D eigenvalue weighted by Gasteiger charge is -2.66. The van der Waals surface area contributed by atoms with E-state index in [-0.39, 0.29) is 28.3 Å². The quantitative estimate of drug-likeness (QED) is 0.396. The van der Waals surface area contributed by atoms with E-state index >= 15 is 0 Å². The van der Waals surface area contributed by atoms with Crippen LogP contribution in [0.3, 0.4) is 0 Å². The van der Waals surface area contributed by atoms with Crippen LogP contribution in [0, 0.1) is 50.7 Å². The first-order chi connectivity index (χ1) is 15.6. The van der Waals surface area contributed by atoms with E-state index < -0.39 is 0 Å². The second-order valence-corrected chi connectivity index (χ2v) is 15.1. The molecule has 0 aromatic heterocycles. The van der Waals surface area contributed by atoms with Gasteiger partial charge in [-0.2, -0.15) is 0 Å². The van der Waals surface area contributed by atoms with Crippen LogP contribution in [0.5, 0.6) is 0 Å². The van der Waals surface area contributed by atoms with Crippen molar-refractivity contribution >= 4 is 5.78 Å². The van der Waals surface area contributed by atoms with Gasteiger partial charge in [-0.3, -0.25) is 4.79 Å². The molecule has 34 heavy (non-hydrogen) atoms. The zero-order valence-electron chi connectivity index (χ0n) is 23.9. The van der Waals surface area contributed by atoms with Crippen LogP contribution in [-0.4, -0.2) is 17.0 Å². The predicted octanol–water partition coefficient (Wildman–Crippen LogP) is 8.37. The Kier molecular flexibility index (Phi) is 6.58. The van der Waals surface area contributed by atoms with Crippen LogP contribution in [0.2, 0.25) is 0 Å². The summed E-state index contributed by atoms with van der Waals surface area (Å²) in [6.45, 7) is 21.3. The Bertz CT molecular complexity index is 840. The lowest BCUT2D eigenvalue weighted by atomic mass is 9.38. The van der Waals surface area contributed by atoms with E-state index in [9.17, 15) is 9.90 Å². The minimum atomic E-state index is -0.312. The first-order valence-electron chi connectivity index (χ1n) is 14.5. The van der Waals surface area contributed by atoms with Gasteiger partial charge in [0.05, 0.1) is 6.10 Å². The maximum Gasteiger partial charge on any atom is 0.132 e. The van der Waals surface area contributed by atoms with Crippen molar-refractivity contribution in [2.24, 2.45) is 50.7 Å². The Morgan fingerprint density at radius 1 is 0.971 bits per heavy atom. The lowest BCUT2D eigenvalue weighted by Crippen LogP contribution is -2.62. The van der Waals surface area contributed by atoms with Gasteiger partial charge in [-0.05, 0) is 97.7 Å². The summed E-state index contributed by atoms with van der Waals surface area (Å²) in [4.78, 5) is 11.7. The van der Waals surface area contributed by atoms with Crippen molar-refractivity contribution < 1.29 is 9.90 Å². The van der Waals surface area contributed by atoms with E-state index in [1.54, 1.807) is 12.5 Å². The summed E-state index contributed by atoms with van der Waals surface area (Å²) in [6, 6.07) is 0. The number of ketones is 1. The molecule has 0 radical (unpaired) electrons. The number of Topliss-reactive ketones (excluding diaryl/α,β-unsaturated/α-hetero) is 1. The van der Waals surface area contributed by atoms with Crippen molar-refractivity contribution in [1.29, 1.82) is 0 Å². The molecule has 3 fully saturated rings. The van der Waals surface area contributed by atoms with Crippen LogP contribution < -0.4 is 0 Å². The molecule has 1 N–H and O–H groups in total. The minimum Gasteiger partial charge on any atom is -0.388 e. The highest BCUT2D eigenvalue weighted by Crippen LogP contribution is 2.75. The largest absolute Gasteiger partial charge is 0.388 e. The van der Waals surface area contributed by atoms with Gasteiger partial charge < -0.3 is 5.11 Å². The summed E-state index contributed by atoms with van der Waals surface area (Å²) in [7, 11) is 0. The predicted molar refractivity (Wildman–Crippen MR) is 142 cm³/mol. The Morgan fingerprint density at radius 2 is 1.62 bits per heavy atom. The summed E-state index contributed by atoms with van der Waals surface area (Å²) in [5, 5.41) is 11.8. The zero-order chi connectivity index (χ0) is 25.3. The third-order valence-electron chi connectivity index (χ3n) is 13.0. The monoisotopic (exact) mass is 470 g/mol. The van der Waals surface area contributed by atoms with Crippen molar-refractivity contribution in [1.82, 2.24) is 0 Å². The molecular weight excluding hydrogens is 416 g/mol. The zero-order valence-corrected chi connectivity index (χ0v) is 23.9. The smallest absolute Gasteiger partial charge is 0.132 e. The standard InChI is InChI=1S/C32H54O2/c1-21(23(3)33)11-10-12-22(2)30(7)15-14-26-31(30,8)16-13-25-29(6)18-17-28(4,5)20-24(29)19-27(34)32(25,26)9/h19,21-22,25-27,34H,10-18,20H2,1-9H3/t21?,22-,25-,26-,27-,29+,30?,31+,32-/m1/s1. The van der Waals surface area contributed by atoms with Crippen LogP contribution in [0.4, 0.5) is 0 Å². The maximum atomic E-state index is 11.8. The fraction of sp³-hybridized carbons (Fsp3) is 0.906. The van der Waals surface area contributed by atoms with E-state index in [1.807, 2.05) is 0 Å². The molecule has 194 valence electrons. The van der Waals surface area contributed by atoms with E-state index in [0.29, 0.717) is 34.4 Å². The Hall–Kier alpha value is -0.630. The van der Waals surface area contributed by atoms with E-state index in [1.165, 1.54) is 44.9 Å². The Balaban J connectivity index is 1.60. The molecule has 0 saturated heterocycles. The van der Waals surface area contributed by atoms with E-state index in [2.05, 4.69) is 61.5 Å². The van der Waals surface area contributed by atoms with Gasteiger partial charge in [0.2, 0.25) is 0 Å². The number of allylic oxidation sites excluding steroid dienone is 1. The van der Waals surface area contributed by atoms with Crippen molar-refractivity contribution in [3.05, 3.63) is 11.6 Å². The molecule has 2 nitrogen and oxygen atoms in total. The van der Waals surface area contributed by atoms with Crippen LogP contribution in [0.1, 0.15) is 127 Å². The highest BCUT2D eigenvalue weighted by Gasteiger charge is 2.69. The molecule has 0 aromatic carbocycles. The van der Waals surface area contributed by atoms with Crippen molar-refractivity contribution in [3.63, 3.8) is 0 Å². The first-order valence-corrected chi connectivity index (χ1v) is 14.5. The highest BCUT2D eigenvalue weighted by atomic mass is 16.3. The number of fused-ring (bicyclic) bond motifs is 5. The van der Waals surface area contributed by atoms with Gasteiger partial charge in [0.15, 0.2) is 0 Å². The molecular formula is C32H54O2. The molecule has 9 atom stereocenters. The molecule has 2 heteroatoms. The van der Waals surface area contributed by atoms with Crippen molar-refractivity contribution in [2.75, 3.05) is 0 Å². The van der Waals surface area contributed by atoms with Gasteiger partial charge in [0, 0.05) is 11.3 Å². The van der Waals surface area contributed by atoms with Gasteiger partial charge in [0.25, 0.3) is 0 Å². The summed E-state index contributed by atoms with van der Waals surface area (Å²) >= 11 is 0. The number of rotatable bonds is 6. The normalized spacial score (nSPS) is 47.1. The first kappa shape index (κ1) is 26.4. The average molecular weight is 471 g/mol. The third kappa shape index (κ3) is 3.71. The van der Waals surface area contributed by atoms with Gasteiger partial charge in [-0.15, -0.1) is 0 Å². The molecule has 3 saturated carbocycles. The minimum absolute atomic E-state index is 0.0205. The van der Waals surface area contributed by atoms with Gasteiger partial charge in [-0.25, -0.2) is 0 Å². The number of hydrogen-bond donors (Lipinski definition) is 1. The number of carbonyl (C=O) groups is 1. The Morgan fingerprint density at radius 3 is 2.26 bits per heavy atom. The van der Waals surface area contributed by atoms with Crippen LogP contribution in [0.25, 0.3) is 0 Å². The van der Waals surface area contributed by atoms with Gasteiger partial charge in [-0.1, -0.05) is 79.9 Å². The van der Waals surface area contributed by atoms with Crippen LogP contribution in [-0.2, 0) is 4.79 Å². The number of aliphatic hydroxyl groups is 1. The van der Waals surface area contributed by atoms with Crippen LogP contribution in [0.15, 0.2) is 11.6 Å². The van der Waals surface area contributed by atoms with Crippen molar-refractivity contribution in [2.45, 2.75) is 133 Å². The number of hydrogen-bond acceptors (Lipinski definition) is 2. The van der Waals surface area contributed by atoms with E-state index in [4.69, 9.17) is 0 Å². The molecule has 0 bridgehead atoms. The topological polar surface area (TPSA) is 37.3 Å². The molecule has 4 aliphatic carbocycles. The second kappa shape index (κ2) is 8.46. The molecule has 4 aliphatic rings. The number of carbonyl (C=O) groups excluding carboxylic acids is 1. The Labute approximate surface area is 210 Å².